The molecule has 3 aromatic rings. The van der Waals surface area contributed by atoms with Crippen LogP contribution in [0.1, 0.15) is 12.5 Å². The van der Waals surface area contributed by atoms with Crippen molar-refractivity contribution in [2.75, 3.05) is 5.32 Å². The Morgan fingerprint density at radius 1 is 0.958 bits per heavy atom. The Balaban J connectivity index is 2.17. The summed E-state index contributed by atoms with van der Waals surface area (Å²) < 4.78 is 0. The number of halogens is 2. The first-order valence-electron chi connectivity index (χ1n) is 7.37. The van der Waals surface area contributed by atoms with Crippen LogP contribution in [0.4, 0.5) is 5.69 Å². The van der Waals surface area contributed by atoms with E-state index in [1.807, 2.05) is 42.5 Å². The first kappa shape index (κ1) is 16.6. The van der Waals surface area contributed by atoms with Crippen LogP contribution in [0.25, 0.3) is 10.8 Å². The maximum absolute atomic E-state index is 12.1. The van der Waals surface area contributed by atoms with Gasteiger partial charge < -0.3 is 10.4 Å². The molecule has 122 valence electrons. The van der Waals surface area contributed by atoms with Crippen molar-refractivity contribution in [3.63, 3.8) is 0 Å². The van der Waals surface area contributed by atoms with Gasteiger partial charge in [0.2, 0.25) is 0 Å². The lowest BCUT2D eigenvalue weighted by Crippen LogP contribution is -2.41. The number of hydrogen-bond donors (Lipinski definition) is 2. The molecule has 0 fully saturated rings. The van der Waals surface area contributed by atoms with Gasteiger partial charge in [-0.15, -0.1) is 0 Å². The smallest absolute Gasteiger partial charge is 0.333 e. The minimum atomic E-state index is -1.47. The summed E-state index contributed by atoms with van der Waals surface area (Å²) in [6, 6.07) is 18.4. The third-order valence-electron chi connectivity index (χ3n) is 4.06. The molecule has 5 heteroatoms. The Morgan fingerprint density at radius 2 is 1.54 bits per heavy atom. The van der Waals surface area contributed by atoms with Crippen LogP contribution in [0, 0.1) is 0 Å². The Morgan fingerprint density at radius 3 is 2.21 bits per heavy atom. The standard InChI is InChI=1S/C19H15Cl2NO2/c1-19(18(23)24,17-14(20)9-5-10-15(17)21)22-16-11-4-7-12-6-2-3-8-13(12)16/h2-11,22H,1H3,(H,23,24). The molecule has 1 atom stereocenters. The Labute approximate surface area is 149 Å². The van der Waals surface area contributed by atoms with Crippen LogP contribution in [-0.4, -0.2) is 11.1 Å². The molecule has 3 nitrogen and oxygen atoms in total. The van der Waals surface area contributed by atoms with E-state index >= 15 is 0 Å². The van der Waals surface area contributed by atoms with Crippen molar-refractivity contribution in [3.8, 4) is 0 Å². The number of carbonyl (C=O) groups is 1. The van der Waals surface area contributed by atoms with E-state index in [-0.39, 0.29) is 0 Å². The molecule has 0 aliphatic heterocycles. The molecule has 0 saturated carbocycles. The molecule has 0 spiro atoms. The minimum absolute atomic E-state index is 0.306. The number of benzene rings is 3. The van der Waals surface area contributed by atoms with E-state index in [0.717, 1.165) is 10.8 Å². The lowest BCUT2D eigenvalue weighted by molar-refractivity contribution is -0.142. The average Bonchev–Trinajstić information content (AvgIpc) is 2.55. The first-order chi connectivity index (χ1) is 11.4. The molecule has 0 aliphatic carbocycles. The van der Waals surface area contributed by atoms with Crippen LogP contribution in [0.3, 0.4) is 0 Å². The third kappa shape index (κ3) is 2.81. The lowest BCUT2D eigenvalue weighted by Gasteiger charge is -2.30. The minimum Gasteiger partial charge on any atom is -0.479 e. The van der Waals surface area contributed by atoms with Crippen molar-refractivity contribution in [3.05, 3.63) is 76.3 Å². The largest absolute Gasteiger partial charge is 0.479 e. The van der Waals surface area contributed by atoms with Gasteiger partial charge in [-0.2, -0.15) is 0 Å². The Hall–Kier alpha value is -2.23. The molecule has 1 unspecified atom stereocenters. The number of aliphatic carboxylic acids is 1. The maximum atomic E-state index is 12.1. The summed E-state index contributed by atoms with van der Waals surface area (Å²) in [4.78, 5) is 12.1. The highest BCUT2D eigenvalue weighted by molar-refractivity contribution is 6.36. The maximum Gasteiger partial charge on any atom is 0.333 e. The van der Waals surface area contributed by atoms with Gasteiger partial charge in [-0.05, 0) is 30.5 Å². The highest BCUT2D eigenvalue weighted by atomic mass is 35.5. The van der Waals surface area contributed by atoms with Crippen LogP contribution in [0.5, 0.6) is 0 Å². The molecule has 0 amide bonds. The monoisotopic (exact) mass is 359 g/mol. The van der Waals surface area contributed by atoms with Crippen molar-refractivity contribution in [1.82, 2.24) is 0 Å². The molecule has 3 aromatic carbocycles. The molecular formula is C19H15Cl2NO2. The van der Waals surface area contributed by atoms with E-state index < -0.39 is 11.5 Å². The molecule has 2 N–H and O–H groups in total. The van der Waals surface area contributed by atoms with Crippen LogP contribution in [-0.2, 0) is 10.3 Å². The molecule has 0 saturated heterocycles. The molecule has 0 aliphatic rings. The summed E-state index contributed by atoms with van der Waals surface area (Å²) in [7, 11) is 0. The van der Waals surface area contributed by atoms with Gasteiger partial charge >= 0.3 is 5.97 Å². The SMILES string of the molecule is CC(Nc1cccc2ccccc12)(C(=O)O)c1c(Cl)cccc1Cl. The van der Waals surface area contributed by atoms with Crippen LogP contribution in [0.2, 0.25) is 10.0 Å². The van der Waals surface area contributed by atoms with Crippen LogP contribution >= 0.6 is 23.2 Å². The van der Waals surface area contributed by atoms with E-state index in [1.165, 1.54) is 0 Å². The zero-order chi connectivity index (χ0) is 17.3. The normalized spacial score (nSPS) is 13.5. The quantitative estimate of drug-likeness (QED) is 0.641. The molecule has 0 heterocycles. The number of hydrogen-bond acceptors (Lipinski definition) is 2. The molecule has 0 radical (unpaired) electrons. The summed E-state index contributed by atoms with van der Waals surface area (Å²) in [6.45, 7) is 1.56. The van der Waals surface area contributed by atoms with E-state index in [1.54, 1.807) is 25.1 Å². The summed E-state index contributed by atoms with van der Waals surface area (Å²) in [5.41, 5.74) is -0.428. The van der Waals surface area contributed by atoms with Crippen molar-refractivity contribution >= 4 is 45.6 Å². The topological polar surface area (TPSA) is 49.3 Å². The zero-order valence-corrected chi connectivity index (χ0v) is 14.4. The summed E-state index contributed by atoms with van der Waals surface area (Å²) in [5.74, 6) is -1.06. The number of nitrogens with one attached hydrogen (secondary N) is 1. The highest BCUT2D eigenvalue weighted by Crippen LogP contribution is 2.38. The fraction of sp³-hybridized carbons (Fsp3) is 0.105. The van der Waals surface area contributed by atoms with Crippen molar-refractivity contribution in [1.29, 1.82) is 0 Å². The lowest BCUT2D eigenvalue weighted by atomic mass is 9.91. The van der Waals surface area contributed by atoms with Crippen molar-refractivity contribution < 1.29 is 9.90 Å². The highest BCUT2D eigenvalue weighted by Gasteiger charge is 2.39. The fourth-order valence-corrected chi connectivity index (χ4v) is 3.58. The second-order valence-electron chi connectivity index (χ2n) is 5.68. The van der Waals surface area contributed by atoms with Crippen LogP contribution < -0.4 is 5.32 Å². The predicted molar refractivity (Wildman–Crippen MR) is 99.0 cm³/mol. The van der Waals surface area contributed by atoms with Crippen LogP contribution in [0.15, 0.2) is 60.7 Å². The summed E-state index contributed by atoms with van der Waals surface area (Å²) >= 11 is 12.5. The van der Waals surface area contributed by atoms with Gasteiger partial charge in [0.1, 0.15) is 0 Å². The van der Waals surface area contributed by atoms with E-state index in [0.29, 0.717) is 21.3 Å². The number of anilines is 1. The number of fused-ring (bicyclic) bond motifs is 1. The molecule has 3 rings (SSSR count). The average molecular weight is 360 g/mol. The third-order valence-corrected chi connectivity index (χ3v) is 4.69. The van der Waals surface area contributed by atoms with Gasteiger partial charge in [0.05, 0.1) is 0 Å². The molecule has 0 aromatic heterocycles. The van der Waals surface area contributed by atoms with E-state index in [9.17, 15) is 9.90 Å². The Bertz CT molecular complexity index is 901. The van der Waals surface area contributed by atoms with Gasteiger partial charge in [-0.3, -0.25) is 0 Å². The number of rotatable bonds is 4. The number of carboxylic acids is 1. The summed E-state index contributed by atoms with van der Waals surface area (Å²) in [5, 5.41) is 15.6. The van der Waals surface area contributed by atoms with Gasteiger partial charge in [-0.1, -0.05) is 65.7 Å². The predicted octanol–water partition coefficient (Wildman–Crippen LogP) is 5.56. The van der Waals surface area contributed by atoms with Crippen molar-refractivity contribution in [2.24, 2.45) is 0 Å². The second-order valence-corrected chi connectivity index (χ2v) is 6.49. The van der Waals surface area contributed by atoms with Gasteiger partial charge in [0, 0.05) is 26.7 Å². The number of carboxylic acid groups (broad SMARTS) is 1. The summed E-state index contributed by atoms with van der Waals surface area (Å²) in [6.07, 6.45) is 0. The van der Waals surface area contributed by atoms with Gasteiger partial charge in [0.25, 0.3) is 0 Å². The van der Waals surface area contributed by atoms with E-state index in [4.69, 9.17) is 23.2 Å². The van der Waals surface area contributed by atoms with E-state index in [2.05, 4.69) is 5.32 Å². The zero-order valence-electron chi connectivity index (χ0n) is 12.9. The molecule has 0 bridgehead atoms. The Kier molecular flexibility index (Phi) is 4.39. The van der Waals surface area contributed by atoms with Gasteiger partial charge in [-0.25, -0.2) is 4.79 Å². The fourth-order valence-electron chi connectivity index (χ4n) is 2.80. The van der Waals surface area contributed by atoms with Gasteiger partial charge in [0.15, 0.2) is 5.54 Å². The molecular weight excluding hydrogens is 345 g/mol. The van der Waals surface area contributed by atoms with Crippen molar-refractivity contribution in [2.45, 2.75) is 12.5 Å². The molecule has 24 heavy (non-hydrogen) atoms. The second kappa shape index (κ2) is 6.34. The first-order valence-corrected chi connectivity index (χ1v) is 8.13.